The lowest BCUT2D eigenvalue weighted by atomic mass is 9.55. The van der Waals surface area contributed by atoms with Crippen LogP contribution in [0.3, 0.4) is 0 Å². The van der Waals surface area contributed by atoms with Gasteiger partial charge in [0, 0.05) is 17.3 Å². The van der Waals surface area contributed by atoms with Gasteiger partial charge in [-0.2, -0.15) is 0 Å². The van der Waals surface area contributed by atoms with Gasteiger partial charge in [-0.1, -0.05) is 199 Å². The summed E-state index contributed by atoms with van der Waals surface area (Å²) < 4.78 is 0. The molecule has 9 rings (SSSR count). The van der Waals surface area contributed by atoms with Gasteiger partial charge in [0.15, 0.2) is 0 Å². The van der Waals surface area contributed by atoms with E-state index >= 15 is 0 Å². The third-order valence-corrected chi connectivity index (χ3v) is 12.2. The zero-order valence-electron chi connectivity index (χ0n) is 31.8. The first-order valence-electron chi connectivity index (χ1n) is 19.2. The van der Waals surface area contributed by atoms with Gasteiger partial charge < -0.3 is 0 Å². The third kappa shape index (κ3) is 5.42. The molecule has 0 amide bonds. The molecule has 0 saturated carbocycles. The Morgan fingerprint density at radius 3 is 1.47 bits per heavy atom. The molecule has 0 heteroatoms. The summed E-state index contributed by atoms with van der Waals surface area (Å²) in [6, 6.07) is 60.2. The van der Waals surface area contributed by atoms with Crippen molar-refractivity contribution in [1.82, 2.24) is 0 Å². The Kier molecular flexibility index (Phi) is 7.75. The van der Waals surface area contributed by atoms with Crippen LogP contribution in [0.2, 0.25) is 0 Å². The van der Waals surface area contributed by atoms with Crippen molar-refractivity contribution in [3.63, 3.8) is 0 Å². The van der Waals surface area contributed by atoms with E-state index in [0.29, 0.717) is 0 Å². The molecular weight excluding hydrogens is 637 g/mol. The Hall–Kier alpha value is -5.46. The second-order valence-corrected chi connectivity index (χ2v) is 17.4. The predicted molar refractivity (Wildman–Crippen MR) is 226 cm³/mol. The van der Waals surface area contributed by atoms with Crippen LogP contribution in [0.5, 0.6) is 0 Å². The van der Waals surface area contributed by atoms with Crippen LogP contribution in [0, 0.1) is 0 Å². The van der Waals surface area contributed by atoms with Gasteiger partial charge in [-0.25, -0.2) is 0 Å². The zero-order valence-corrected chi connectivity index (χ0v) is 31.8. The molecule has 7 aromatic rings. The largest absolute Gasteiger partial charge is 0.0751 e. The molecule has 53 heavy (non-hydrogen) atoms. The van der Waals surface area contributed by atoms with Gasteiger partial charge >= 0.3 is 0 Å². The van der Waals surface area contributed by atoms with Crippen LogP contribution in [-0.4, -0.2) is 0 Å². The summed E-state index contributed by atoms with van der Waals surface area (Å²) in [6.07, 6.45) is 4.92. The number of hydrogen-bond donors (Lipinski definition) is 0. The molecule has 7 aromatic carbocycles. The predicted octanol–water partition coefficient (Wildman–Crippen LogP) is 14.0. The first kappa shape index (κ1) is 33.4. The lowest BCUT2D eigenvalue weighted by Gasteiger charge is -2.46. The first-order chi connectivity index (χ1) is 25.5. The molecule has 1 unspecified atom stereocenters. The fraction of sp³-hybridized carbons (Fsp3) is 0.208. The summed E-state index contributed by atoms with van der Waals surface area (Å²) in [5.74, 6) is 0.163. The summed E-state index contributed by atoms with van der Waals surface area (Å²) in [6.45, 7) is 14.0. The minimum Gasteiger partial charge on any atom is -0.0751 e. The second kappa shape index (κ2) is 12.3. The normalized spacial score (nSPS) is 15.4. The Morgan fingerprint density at radius 2 is 0.906 bits per heavy atom. The van der Waals surface area contributed by atoms with E-state index in [4.69, 9.17) is 0 Å². The Labute approximate surface area is 315 Å². The van der Waals surface area contributed by atoms with Gasteiger partial charge in [0.2, 0.25) is 0 Å². The van der Waals surface area contributed by atoms with Crippen molar-refractivity contribution in [3.8, 4) is 22.3 Å². The standard InChI is InChI=1S/C53H48/c1-51(2,3)42-25-28-45-46-29-26-43(52(4,5)6)34-48(46)50(47(45)33-42)53(40-17-9-7-10-18-40,41-19-11-8-12-20-41)49-30-24-39-32-38(23-27-44(39)49)37-22-21-35-15-13-14-16-36(35)31-37/h7-34,49-50H,1-6H3. The quantitative estimate of drug-likeness (QED) is 0.169. The molecule has 0 spiro atoms. The minimum absolute atomic E-state index is 0.0199. The Bertz CT molecular complexity index is 2410. The second-order valence-electron chi connectivity index (χ2n) is 17.4. The minimum atomic E-state index is -0.443. The smallest absolute Gasteiger partial charge is 0.0415 e. The van der Waals surface area contributed by atoms with Gasteiger partial charge in [0.25, 0.3) is 0 Å². The van der Waals surface area contributed by atoms with Crippen molar-refractivity contribution in [3.05, 3.63) is 208 Å². The molecule has 0 aromatic heterocycles. The van der Waals surface area contributed by atoms with Crippen molar-refractivity contribution >= 4 is 16.8 Å². The van der Waals surface area contributed by atoms with Crippen molar-refractivity contribution in [2.75, 3.05) is 0 Å². The van der Waals surface area contributed by atoms with E-state index in [0.717, 1.165) is 0 Å². The monoisotopic (exact) mass is 684 g/mol. The van der Waals surface area contributed by atoms with E-state index in [1.807, 2.05) is 0 Å². The Balaban J connectivity index is 1.33. The van der Waals surface area contributed by atoms with E-state index in [-0.39, 0.29) is 22.7 Å². The summed E-state index contributed by atoms with van der Waals surface area (Å²) in [5.41, 5.74) is 15.8. The molecule has 2 aliphatic carbocycles. The van der Waals surface area contributed by atoms with Crippen LogP contribution in [-0.2, 0) is 16.2 Å². The highest BCUT2D eigenvalue weighted by Crippen LogP contribution is 2.63. The van der Waals surface area contributed by atoms with Crippen LogP contribution in [0.4, 0.5) is 0 Å². The van der Waals surface area contributed by atoms with Crippen LogP contribution < -0.4 is 0 Å². The van der Waals surface area contributed by atoms with Gasteiger partial charge in [-0.15, -0.1) is 0 Å². The van der Waals surface area contributed by atoms with Crippen molar-refractivity contribution in [2.45, 2.75) is 69.6 Å². The van der Waals surface area contributed by atoms with Gasteiger partial charge in [-0.3, -0.25) is 0 Å². The van der Waals surface area contributed by atoms with Crippen LogP contribution in [0.25, 0.3) is 39.1 Å². The molecule has 0 heterocycles. The lowest BCUT2D eigenvalue weighted by Crippen LogP contribution is -2.40. The highest BCUT2D eigenvalue weighted by molar-refractivity contribution is 5.88. The number of hydrogen-bond acceptors (Lipinski definition) is 0. The van der Waals surface area contributed by atoms with E-state index in [9.17, 15) is 0 Å². The van der Waals surface area contributed by atoms with Crippen LogP contribution in [0.15, 0.2) is 164 Å². The van der Waals surface area contributed by atoms with Crippen molar-refractivity contribution in [2.24, 2.45) is 0 Å². The summed E-state index contributed by atoms with van der Waals surface area (Å²) in [4.78, 5) is 0. The number of fused-ring (bicyclic) bond motifs is 5. The average Bonchev–Trinajstić information content (AvgIpc) is 3.74. The fourth-order valence-corrected chi connectivity index (χ4v) is 9.40. The summed E-state index contributed by atoms with van der Waals surface area (Å²) >= 11 is 0. The highest BCUT2D eigenvalue weighted by atomic mass is 14.5. The number of benzene rings is 7. The van der Waals surface area contributed by atoms with Crippen molar-refractivity contribution < 1.29 is 0 Å². The van der Waals surface area contributed by atoms with Gasteiger partial charge in [0.05, 0.1) is 0 Å². The zero-order chi connectivity index (χ0) is 36.5. The third-order valence-electron chi connectivity index (χ3n) is 12.2. The van der Waals surface area contributed by atoms with E-state index in [1.54, 1.807) is 0 Å². The molecule has 2 aliphatic rings. The molecule has 0 saturated heterocycles. The molecular formula is C53H48. The van der Waals surface area contributed by atoms with E-state index < -0.39 is 5.41 Å². The molecule has 0 nitrogen and oxygen atoms in total. The van der Waals surface area contributed by atoms with Gasteiger partial charge in [0.1, 0.15) is 0 Å². The maximum Gasteiger partial charge on any atom is 0.0415 e. The summed E-state index contributed by atoms with van der Waals surface area (Å²) in [7, 11) is 0. The maximum atomic E-state index is 2.56. The molecule has 0 radical (unpaired) electrons. The molecule has 1 atom stereocenters. The maximum absolute atomic E-state index is 2.56. The van der Waals surface area contributed by atoms with Crippen LogP contribution in [0.1, 0.15) is 97.9 Å². The lowest BCUT2D eigenvalue weighted by molar-refractivity contribution is 0.415. The fourth-order valence-electron chi connectivity index (χ4n) is 9.40. The SMILES string of the molecule is CC(C)(C)c1ccc2c(c1)C(C(c1ccccc1)(c1ccccc1)C1C=Cc3cc(-c4ccc5ccccc5c4)ccc31)c1cc(C(C)(C)C)ccc1-2. The summed E-state index contributed by atoms with van der Waals surface area (Å²) in [5, 5.41) is 2.54. The van der Waals surface area contributed by atoms with E-state index in [1.165, 1.54) is 77.5 Å². The molecule has 260 valence electrons. The average molecular weight is 685 g/mol. The molecule has 0 bridgehead atoms. The van der Waals surface area contributed by atoms with Crippen molar-refractivity contribution in [1.29, 1.82) is 0 Å². The highest BCUT2D eigenvalue weighted by Gasteiger charge is 2.53. The topological polar surface area (TPSA) is 0 Å². The number of rotatable bonds is 5. The molecule has 0 aliphatic heterocycles. The first-order valence-corrected chi connectivity index (χ1v) is 19.2. The van der Waals surface area contributed by atoms with E-state index in [2.05, 4.69) is 211 Å². The Morgan fingerprint density at radius 1 is 0.396 bits per heavy atom. The van der Waals surface area contributed by atoms with Crippen LogP contribution >= 0.6 is 0 Å². The molecule has 0 fully saturated rings. The number of allylic oxidation sites excluding steroid dienone is 1. The molecule has 0 N–H and O–H groups in total. The van der Waals surface area contributed by atoms with Gasteiger partial charge in [-0.05, 0) is 100 Å².